The molecule has 7 nitrogen and oxygen atoms in total. The summed E-state index contributed by atoms with van der Waals surface area (Å²) >= 11 is 0. The van der Waals surface area contributed by atoms with Crippen molar-refractivity contribution in [2.24, 2.45) is 5.92 Å². The Hall–Kier alpha value is -3.35. The van der Waals surface area contributed by atoms with E-state index in [-0.39, 0.29) is 18.5 Å². The van der Waals surface area contributed by atoms with Gasteiger partial charge in [0, 0.05) is 25.3 Å². The molecule has 1 fully saturated rings. The molecule has 1 saturated heterocycles. The minimum Gasteiger partial charge on any atom is -0.452 e. The van der Waals surface area contributed by atoms with Gasteiger partial charge in [-0.25, -0.2) is 4.79 Å². The van der Waals surface area contributed by atoms with E-state index >= 15 is 0 Å². The molecule has 2 aromatic rings. The van der Waals surface area contributed by atoms with E-state index in [4.69, 9.17) is 4.74 Å². The molecule has 1 aliphatic rings. The highest BCUT2D eigenvalue weighted by molar-refractivity contribution is 5.90. The lowest BCUT2D eigenvalue weighted by Crippen LogP contribution is -2.46. The van der Waals surface area contributed by atoms with Crippen LogP contribution >= 0.6 is 0 Å². The van der Waals surface area contributed by atoms with Crippen LogP contribution in [-0.4, -0.2) is 48.5 Å². The standard InChI is InChI=1S/C24H29N3O4/c1-18(22(28)25-15-14-19-9-4-2-5-10-19)31-23(29)20-11-8-16-27(17-20)24(30)26-21-12-6-3-7-13-21/h2-7,9-10,12-13,18,20H,8,11,14-17H2,1H3,(H,25,28)(H,26,30). The van der Waals surface area contributed by atoms with Gasteiger partial charge in [0.2, 0.25) is 0 Å². The molecule has 1 heterocycles. The molecule has 3 rings (SSSR count). The van der Waals surface area contributed by atoms with E-state index in [0.717, 1.165) is 5.56 Å². The topological polar surface area (TPSA) is 87.7 Å². The van der Waals surface area contributed by atoms with Gasteiger partial charge in [-0.15, -0.1) is 0 Å². The van der Waals surface area contributed by atoms with Gasteiger partial charge in [0.25, 0.3) is 5.91 Å². The minimum absolute atomic E-state index is 0.240. The fourth-order valence-corrected chi connectivity index (χ4v) is 3.52. The summed E-state index contributed by atoms with van der Waals surface area (Å²) in [5, 5.41) is 5.64. The van der Waals surface area contributed by atoms with E-state index < -0.39 is 18.0 Å². The fraction of sp³-hybridized carbons (Fsp3) is 0.375. The third-order valence-corrected chi connectivity index (χ3v) is 5.28. The van der Waals surface area contributed by atoms with Gasteiger partial charge in [0.15, 0.2) is 6.10 Å². The maximum Gasteiger partial charge on any atom is 0.321 e. The Balaban J connectivity index is 1.43. The van der Waals surface area contributed by atoms with Crippen LogP contribution in [-0.2, 0) is 20.7 Å². The average Bonchev–Trinajstić information content (AvgIpc) is 2.80. The number of hydrogen-bond donors (Lipinski definition) is 2. The Morgan fingerprint density at radius 1 is 1.06 bits per heavy atom. The lowest BCUT2D eigenvalue weighted by atomic mass is 9.98. The summed E-state index contributed by atoms with van der Waals surface area (Å²) in [6.45, 7) is 2.90. The van der Waals surface area contributed by atoms with Crippen LogP contribution in [0.4, 0.5) is 10.5 Å². The van der Waals surface area contributed by atoms with E-state index in [1.165, 1.54) is 0 Å². The summed E-state index contributed by atoms with van der Waals surface area (Å²) < 4.78 is 5.39. The molecule has 2 aromatic carbocycles. The molecular weight excluding hydrogens is 394 g/mol. The van der Waals surface area contributed by atoms with Crippen LogP contribution in [0.5, 0.6) is 0 Å². The number of carbonyl (C=O) groups is 3. The van der Waals surface area contributed by atoms with E-state index in [9.17, 15) is 14.4 Å². The van der Waals surface area contributed by atoms with Gasteiger partial charge >= 0.3 is 12.0 Å². The zero-order valence-corrected chi connectivity index (χ0v) is 17.8. The van der Waals surface area contributed by atoms with Gasteiger partial charge in [-0.2, -0.15) is 0 Å². The van der Waals surface area contributed by atoms with Crippen molar-refractivity contribution in [3.63, 3.8) is 0 Å². The predicted molar refractivity (Wildman–Crippen MR) is 118 cm³/mol. The van der Waals surface area contributed by atoms with Crippen molar-refractivity contribution in [1.82, 2.24) is 10.2 Å². The molecule has 2 N–H and O–H groups in total. The number of piperidine rings is 1. The largest absolute Gasteiger partial charge is 0.452 e. The summed E-state index contributed by atoms with van der Waals surface area (Å²) in [6, 6.07) is 18.8. The quantitative estimate of drug-likeness (QED) is 0.670. The van der Waals surface area contributed by atoms with E-state index in [1.807, 2.05) is 60.7 Å². The van der Waals surface area contributed by atoms with E-state index in [1.54, 1.807) is 11.8 Å². The number of carbonyl (C=O) groups excluding carboxylic acids is 3. The highest BCUT2D eigenvalue weighted by Crippen LogP contribution is 2.20. The highest BCUT2D eigenvalue weighted by Gasteiger charge is 2.31. The first kappa shape index (κ1) is 22.3. The Morgan fingerprint density at radius 2 is 1.74 bits per heavy atom. The minimum atomic E-state index is -0.878. The SMILES string of the molecule is CC(OC(=O)C1CCCN(C(=O)Nc2ccccc2)C1)C(=O)NCCc1ccccc1. The number of ether oxygens (including phenoxy) is 1. The van der Waals surface area contributed by atoms with Crippen LogP contribution in [0.3, 0.4) is 0 Å². The molecule has 164 valence electrons. The van der Waals surface area contributed by atoms with Gasteiger partial charge in [0.1, 0.15) is 0 Å². The number of nitrogens with one attached hydrogen (secondary N) is 2. The second-order valence-corrected chi connectivity index (χ2v) is 7.69. The molecule has 3 amide bonds. The van der Waals surface area contributed by atoms with Crippen LogP contribution < -0.4 is 10.6 Å². The number of hydrogen-bond acceptors (Lipinski definition) is 4. The molecule has 31 heavy (non-hydrogen) atoms. The van der Waals surface area contributed by atoms with E-state index in [0.29, 0.717) is 38.0 Å². The summed E-state index contributed by atoms with van der Waals surface area (Å²) in [5.41, 5.74) is 1.83. The molecule has 7 heteroatoms. The lowest BCUT2D eigenvalue weighted by Gasteiger charge is -2.32. The smallest absolute Gasteiger partial charge is 0.321 e. The maximum absolute atomic E-state index is 12.6. The van der Waals surface area contributed by atoms with Crippen LogP contribution in [0.2, 0.25) is 0 Å². The molecule has 0 saturated carbocycles. The third kappa shape index (κ3) is 6.84. The monoisotopic (exact) mass is 423 g/mol. The maximum atomic E-state index is 12.6. The molecular formula is C24H29N3O4. The Morgan fingerprint density at radius 3 is 2.45 bits per heavy atom. The van der Waals surface area contributed by atoms with Crippen LogP contribution in [0.25, 0.3) is 0 Å². The molecule has 0 aromatic heterocycles. The van der Waals surface area contributed by atoms with Crippen molar-refractivity contribution in [3.05, 3.63) is 66.2 Å². The first-order valence-electron chi connectivity index (χ1n) is 10.7. The second kappa shape index (κ2) is 11.2. The van der Waals surface area contributed by atoms with Crippen molar-refractivity contribution in [2.75, 3.05) is 25.0 Å². The summed E-state index contributed by atoms with van der Waals surface area (Å²) in [5.74, 6) is -1.20. The van der Waals surface area contributed by atoms with Crippen LogP contribution in [0, 0.1) is 5.92 Å². The summed E-state index contributed by atoms with van der Waals surface area (Å²) in [6.07, 6.45) is 1.17. The van der Waals surface area contributed by atoms with Gasteiger partial charge in [-0.1, -0.05) is 48.5 Å². The van der Waals surface area contributed by atoms with Crippen LogP contribution in [0.1, 0.15) is 25.3 Å². The Bertz CT molecular complexity index is 873. The number of urea groups is 1. The third-order valence-electron chi connectivity index (χ3n) is 5.28. The normalized spacial score (nSPS) is 16.8. The van der Waals surface area contributed by atoms with Crippen LogP contribution in [0.15, 0.2) is 60.7 Å². The van der Waals surface area contributed by atoms with Crippen molar-refractivity contribution in [2.45, 2.75) is 32.3 Å². The zero-order valence-electron chi connectivity index (χ0n) is 17.8. The number of likely N-dealkylation sites (tertiary alicyclic amines) is 1. The van der Waals surface area contributed by atoms with Gasteiger partial charge in [-0.3, -0.25) is 9.59 Å². The summed E-state index contributed by atoms with van der Waals surface area (Å²) in [4.78, 5) is 39.0. The molecule has 1 aliphatic heterocycles. The van der Waals surface area contributed by atoms with Crippen molar-refractivity contribution in [3.8, 4) is 0 Å². The first-order valence-corrected chi connectivity index (χ1v) is 10.7. The lowest BCUT2D eigenvalue weighted by molar-refractivity contribution is -0.160. The first-order chi connectivity index (χ1) is 15.0. The van der Waals surface area contributed by atoms with Crippen molar-refractivity contribution in [1.29, 1.82) is 0 Å². The van der Waals surface area contributed by atoms with Gasteiger partial charge in [-0.05, 0) is 43.9 Å². The fourth-order valence-electron chi connectivity index (χ4n) is 3.52. The molecule has 2 unspecified atom stereocenters. The van der Waals surface area contributed by atoms with E-state index in [2.05, 4.69) is 10.6 Å². The molecule has 0 spiro atoms. The van der Waals surface area contributed by atoms with Crippen molar-refractivity contribution >= 4 is 23.6 Å². The van der Waals surface area contributed by atoms with Crippen molar-refractivity contribution < 1.29 is 19.1 Å². The molecule has 0 radical (unpaired) electrons. The Kier molecular flexibility index (Phi) is 8.04. The second-order valence-electron chi connectivity index (χ2n) is 7.69. The Labute approximate surface area is 182 Å². The summed E-state index contributed by atoms with van der Waals surface area (Å²) in [7, 11) is 0. The number of benzene rings is 2. The molecule has 0 bridgehead atoms. The average molecular weight is 424 g/mol. The number of esters is 1. The number of amides is 3. The number of nitrogens with zero attached hydrogens (tertiary/aromatic N) is 1. The number of anilines is 1. The molecule has 0 aliphatic carbocycles. The molecule has 2 atom stereocenters. The van der Waals surface area contributed by atoms with Gasteiger partial charge < -0.3 is 20.3 Å². The number of para-hydroxylation sites is 1. The highest BCUT2D eigenvalue weighted by atomic mass is 16.5. The number of rotatable bonds is 7. The van der Waals surface area contributed by atoms with Gasteiger partial charge in [0.05, 0.1) is 5.92 Å². The predicted octanol–water partition coefficient (Wildman–Crippen LogP) is 3.22. The zero-order chi connectivity index (χ0) is 22.1.